The Morgan fingerprint density at radius 2 is 1.82 bits per heavy atom. The normalized spacial score (nSPS) is 21.9. The monoisotopic (exact) mass is 262 g/mol. The molecule has 0 aromatic heterocycles. The van der Waals surface area contributed by atoms with Crippen LogP contribution in [0, 0.1) is 0 Å². The minimum absolute atomic E-state index is 0.0300. The highest BCUT2D eigenvalue weighted by Crippen LogP contribution is 2.33. The summed E-state index contributed by atoms with van der Waals surface area (Å²) in [6.07, 6.45) is 6.26. The molecule has 17 heavy (non-hydrogen) atoms. The van der Waals surface area contributed by atoms with Crippen molar-refractivity contribution in [3.05, 3.63) is 0 Å². The minimum Gasteiger partial charge on any atom is -0.311 e. The van der Waals surface area contributed by atoms with Crippen LogP contribution in [0.5, 0.6) is 0 Å². The number of rotatable bonds is 6. The van der Waals surface area contributed by atoms with Gasteiger partial charge in [-0.05, 0) is 33.9 Å². The van der Waals surface area contributed by atoms with Crippen LogP contribution >= 0.6 is 0 Å². The molecule has 0 bridgehead atoms. The molecule has 0 aromatic rings. The van der Waals surface area contributed by atoms with Gasteiger partial charge in [0.25, 0.3) is 0 Å². The molecule has 1 unspecified atom stereocenters. The quantitative estimate of drug-likeness (QED) is 0.772. The Hall–Kier alpha value is -0.130. The minimum atomic E-state index is -2.89. The summed E-state index contributed by atoms with van der Waals surface area (Å²) in [5.74, 6) is 0.219. The molecule has 0 aliphatic heterocycles. The molecule has 0 saturated heterocycles. The van der Waals surface area contributed by atoms with Crippen molar-refractivity contribution >= 4 is 9.84 Å². The first-order valence-electron chi connectivity index (χ1n) is 6.34. The van der Waals surface area contributed by atoms with Gasteiger partial charge in [-0.1, -0.05) is 12.8 Å². The predicted octanol–water partition coefficient (Wildman–Crippen LogP) is 0.884. The first kappa shape index (κ1) is 14.9. The van der Waals surface area contributed by atoms with Crippen LogP contribution in [0.4, 0.5) is 0 Å². The molecule has 1 rings (SSSR count). The van der Waals surface area contributed by atoms with Gasteiger partial charge in [-0.3, -0.25) is 0 Å². The van der Waals surface area contributed by atoms with E-state index in [0.29, 0.717) is 0 Å². The molecule has 102 valence electrons. The van der Waals surface area contributed by atoms with E-state index in [1.165, 1.54) is 31.9 Å². The lowest BCUT2D eigenvalue weighted by Crippen LogP contribution is -2.52. The molecule has 5 heteroatoms. The van der Waals surface area contributed by atoms with Crippen molar-refractivity contribution in [2.75, 3.05) is 32.6 Å². The summed E-state index contributed by atoms with van der Waals surface area (Å²) < 4.78 is 22.4. The third-order valence-electron chi connectivity index (χ3n) is 3.82. The summed E-state index contributed by atoms with van der Waals surface area (Å²) in [4.78, 5) is 2.29. The second-order valence-corrected chi connectivity index (χ2v) is 7.89. The number of nitrogens with zero attached hydrogens (tertiary/aromatic N) is 1. The zero-order chi connectivity index (χ0) is 13.1. The molecular formula is C12H26N2O2S. The molecule has 0 radical (unpaired) electrons. The van der Waals surface area contributed by atoms with Gasteiger partial charge in [0.2, 0.25) is 0 Å². The molecule has 4 nitrogen and oxygen atoms in total. The second kappa shape index (κ2) is 5.67. The van der Waals surface area contributed by atoms with Crippen molar-refractivity contribution in [2.24, 2.45) is 0 Å². The lowest BCUT2D eigenvalue weighted by molar-refractivity contribution is 0.151. The molecule has 1 fully saturated rings. The van der Waals surface area contributed by atoms with E-state index in [4.69, 9.17) is 0 Å². The summed E-state index contributed by atoms with van der Waals surface area (Å²) in [5, 5.41) is 3.38. The van der Waals surface area contributed by atoms with Gasteiger partial charge >= 0.3 is 0 Å². The van der Waals surface area contributed by atoms with Crippen molar-refractivity contribution in [2.45, 2.75) is 44.2 Å². The van der Waals surface area contributed by atoms with Gasteiger partial charge in [0, 0.05) is 24.4 Å². The lowest BCUT2D eigenvalue weighted by atomic mass is 9.96. The smallest absolute Gasteiger partial charge is 0.148 e. The fourth-order valence-corrected chi connectivity index (χ4v) is 3.72. The van der Waals surface area contributed by atoms with E-state index in [2.05, 4.69) is 24.3 Å². The Balaban J connectivity index is 2.48. The number of sulfone groups is 1. The zero-order valence-electron chi connectivity index (χ0n) is 11.5. The molecule has 0 spiro atoms. The molecule has 1 N–H and O–H groups in total. The number of hydrogen-bond acceptors (Lipinski definition) is 4. The Bertz CT molecular complexity index is 332. The van der Waals surface area contributed by atoms with Gasteiger partial charge in [-0.15, -0.1) is 0 Å². The van der Waals surface area contributed by atoms with Crippen molar-refractivity contribution in [1.82, 2.24) is 10.2 Å². The first-order valence-corrected chi connectivity index (χ1v) is 8.40. The Morgan fingerprint density at radius 3 is 2.24 bits per heavy atom. The van der Waals surface area contributed by atoms with E-state index >= 15 is 0 Å². The zero-order valence-corrected chi connectivity index (χ0v) is 12.3. The SMILES string of the molecule is CC(CS(C)(=O)=O)NCC1(N(C)C)CCCC1. The number of likely N-dealkylation sites (N-methyl/N-ethyl adjacent to an activating group) is 1. The van der Waals surface area contributed by atoms with E-state index in [-0.39, 0.29) is 17.3 Å². The third kappa shape index (κ3) is 4.56. The van der Waals surface area contributed by atoms with Crippen LogP contribution in [0.25, 0.3) is 0 Å². The molecule has 0 aromatic carbocycles. The fraction of sp³-hybridized carbons (Fsp3) is 1.00. The van der Waals surface area contributed by atoms with Crippen LogP contribution in [0.2, 0.25) is 0 Å². The molecule has 0 heterocycles. The Kier molecular flexibility index (Phi) is 4.98. The maximum Gasteiger partial charge on any atom is 0.148 e. The molecule has 1 aliphatic rings. The molecule has 1 atom stereocenters. The van der Waals surface area contributed by atoms with Gasteiger partial charge in [0.1, 0.15) is 9.84 Å². The topological polar surface area (TPSA) is 49.4 Å². The van der Waals surface area contributed by atoms with Crippen LogP contribution in [-0.2, 0) is 9.84 Å². The summed E-state index contributed by atoms with van der Waals surface area (Å²) in [6.45, 7) is 2.83. The molecule has 1 aliphatic carbocycles. The van der Waals surface area contributed by atoms with Crippen LogP contribution in [0.15, 0.2) is 0 Å². The molecule has 1 saturated carbocycles. The predicted molar refractivity (Wildman–Crippen MR) is 72.1 cm³/mol. The third-order valence-corrected chi connectivity index (χ3v) is 4.92. The number of hydrogen-bond donors (Lipinski definition) is 1. The summed E-state index contributed by atoms with van der Waals surface area (Å²) in [5.41, 5.74) is 0.228. The summed E-state index contributed by atoms with van der Waals surface area (Å²) in [6, 6.07) is 0.0300. The van der Waals surface area contributed by atoms with E-state index < -0.39 is 9.84 Å². The molecule has 0 amide bonds. The van der Waals surface area contributed by atoms with Crippen molar-refractivity contribution in [3.8, 4) is 0 Å². The van der Waals surface area contributed by atoms with Gasteiger partial charge < -0.3 is 10.2 Å². The summed E-state index contributed by atoms with van der Waals surface area (Å²) >= 11 is 0. The average molecular weight is 262 g/mol. The lowest BCUT2D eigenvalue weighted by Gasteiger charge is -2.37. The van der Waals surface area contributed by atoms with E-state index in [0.717, 1.165) is 6.54 Å². The van der Waals surface area contributed by atoms with E-state index in [1.807, 2.05) is 6.92 Å². The Morgan fingerprint density at radius 1 is 1.29 bits per heavy atom. The van der Waals surface area contributed by atoms with Gasteiger partial charge in [-0.2, -0.15) is 0 Å². The van der Waals surface area contributed by atoms with Gasteiger partial charge in [0.15, 0.2) is 0 Å². The van der Waals surface area contributed by atoms with Gasteiger partial charge in [-0.25, -0.2) is 8.42 Å². The standard InChI is InChI=1S/C12H26N2O2S/c1-11(9-17(4,15)16)13-10-12(14(2)3)7-5-6-8-12/h11,13H,5-10H2,1-4H3. The van der Waals surface area contributed by atoms with Crippen LogP contribution in [0.3, 0.4) is 0 Å². The number of nitrogens with one attached hydrogen (secondary N) is 1. The van der Waals surface area contributed by atoms with E-state index in [1.54, 1.807) is 0 Å². The highest BCUT2D eigenvalue weighted by atomic mass is 32.2. The van der Waals surface area contributed by atoms with Crippen molar-refractivity contribution in [1.29, 1.82) is 0 Å². The Labute approximate surface area is 106 Å². The van der Waals surface area contributed by atoms with E-state index in [9.17, 15) is 8.42 Å². The van der Waals surface area contributed by atoms with Crippen LogP contribution in [0.1, 0.15) is 32.6 Å². The van der Waals surface area contributed by atoms with Crippen LogP contribution < -0.4 is 5.32 Å². The largest absolute Gasteiger partial charge is 0.311 e. The van der Waals surface area contributed by atoms with Crippen molar-refractivity contribution in [3.63, 3.8) is 0 Å². The fourth-order valence-electron chi connectivity index (χ4n) is 2.69. The highest BCUT2D eigenvalue weighted by Gasteiger charge is 2.35. The van der Waals surface area contributed by atoms with Crippen LogP contribution in [-0.4, -0.2) is 57.5 Å². The highest BCUT2D eigenvalue weighted by molar-refractivity contribution is 7.90. The maximum atomic E-state index is 11.2. The molecular weight excluding hydrogens is 236 g/mol. The summed E-state index contributed by atoms with van der Waals surface area (Å²) in [7, 11) is 1.35. The first-order chi connectivity index (χ1) is 7.75. The van der Waals surface area contributed by atoms with Gasteiger partial charge in [0.05, 0.1) is 5.75 Å². The van der Waals surface area contributed by atoms with Crippen molar-refractivity contribution < 1.29 is 8.42 Å². The second-order valence-electron chi connectivity index (χ2n) is 5.70. The maximum absolute atomic E-state index is 11.2. The average Bonchev–Trinajstić information content (AvgIpc) is 2.61.